The molecule has 0 amide bonds. The number of rotatable bonds is 6. The first-order valence-corrected chi connectivity index (χ1v) is 9.53. The standard InChI is InChI=1S/C19H20N4O2S/c1-2-11-23(12-14-13-24-16-8-3-4-9-17(16)25-14)19-22-21-18(26-19)15-7-5-6-10-20-15/h3-10,14H,2,11-13H2,1H3. The molecule has 1 aromatic carbocycles. The quantitative estimate of drug-likeness (QED) is 0.662. The molecule has 1 atom stereocenters. The van der Waals surface area contributed by atoms with Crippen LogP contribution in [0.5, 0.6) is 11.5 Å². The molecule has 0 fully saturated rings. The molecule has 4 rings (SSSR count). The molecule has 6 nitrogen and oxygen atoms in total. The number of pyridine rings is 1. The van der Waals surface area contributed by atoms with E-state index in [9.17, 15) is 0 Å². The number of para-hydroxylation sites is 2. The SMILES string of the molecule is CCCN(CC1COc2ccccc2O1)c1nnc(-c2ccccn2)s1. The van der Waals surface area contributed by atoms with E-state index in [2.05, 4.69) is 27.0 Å². The number of nitrogens with zero attached hydrogens (tertiary/aromatic N) is 4. The summed E-state index contributed by atoms with van der Waals surface area (Å²) in [6, 6.07) is 13.6. The lowest BCUT2D eigenvalue weighted by Crippen LogP contribution is -2.41. The average Bonchev–Trinajstić information content (AvgIpc) is 3.18. The van der Waals surface area contributed by atoms with E-state index in [0.29, 0.717) is 13.2 Å². The Kier molecular flexibility index (Phi) is 4.97. The molecule has 0 saturated heterocycles. The van der Waals surface area contributed by atoms with Gasteiger partial charge in [0.15, 0.2) is 22.6 Å². The lowest BCUT2D eigenvalue weighted by Gasteiger charge is -2.30. The van der Waals surface area contributed by atoms with Crippen LogP contribution in [0.3, 0.4) is 0 Å². The van der Waals surface area contributed by atoms with E-state index in [0.717, 1.165) is 40.3 Å². The van der Waals surface area contributed by atoms with E-state index >= 15 is 0 Å². The van der Waals surface area contributed by atoms with Crippen LogP contribution in [0.4, 0.5) is 5.13 Å². The molecule has 3 heterocycles. The van der Waals surface area contributed by atoms with Gasteiger partial charge in [-0.3, -0.25) is 4.98 Å². The number of ether oxygens (including phenoxy) is 2. The Balaban J connectivity index is 1.49. The average molecular weight is 368 g/mol. The van der Waals surface area contributed by atoms with E-state index < -0.39 is 0 Å². The highest BCUT2D eigenvalue weighted by Crippen LogP contribution is 2.32. The maximum Gasteiger partial charge on any atom is 0.208 e. The molecule has 7 heteroatoms. The first kappa shape index (κ1) is 16.8. The van der Waals surface area contributed by atoms with Crippen LogP contribution < -0.4 is 14.4 Å². The first-order valence-electron chi connectivity index (χ1n) is 8.72. The highest BCUT2D eigenvalue weighted by molar-refractivity contribution is 7.18. The van der Waals surface area contributed by atoms with E-state index in [1.807, 2.05) is 42.5 Å². The van der Waals surface area contributed by atoms with Gasteiger partial charge in [-0.1, -0.05) is 36.5 Å². The molecule has 0 spiro atoms. The second kappa shape index (κ2) is 7.70. The van der Waals surface area contributed by atoms with Crippen molar-refractivity contribution in [2.24, 2.45) is 0 Å². The molecule has 0 saturated carbocycles. The number of hydrogen-bond donors (Lipinski definition) is 0. The zero-order valence-electron chi connectivity index (χ0n) is 14.5. The van der Waals surface area contributed by atoms with Crippen LogP contribution in [0.2, 0.25) is 0 Å². The van der Waals surface area contributed by atoms with E-state index in [-0.39, 0.29) is 6.10 Å². The molecule has 1 aliphatic heterocycles. The summed E-state index contributed by atoms with van der Waals surface area (Å²) < 4.78 is 11.9. The van der Waals surface area contributed by atoms with E-state index in [1.165, 1.54) is 0 Å². The van der Waals surface area contributed by atoms with Gasteiger partial charge in [0.2, 0.25) is 5.13 Å². The van der Waals surface area contributed by atoms with Gasteiger partial charge in [-0.15, -0.1) is 10.2 Å². The molecule has 1 unspecified atom stereocenters. The third kappa shape index (κ3) is 3.62. The van der Waals surface area contributed by atoms with E-state index in [1.54, 1.807) is 17.5 Å². The molecule has 1 aliphatic rings. The Morgan fingerprint density at radius 3 is 2.77 bits per heavy atom. The second-order valence-corrected chi connectivity index (χ2v) is 7.00. The van der Waals surface area contributed by atoms with Crippen molar-refractivity contribution in [1.29, 1.82) is 0 Å². The third-order valence-corrected chi connectivity index (χ3v) is 5.06. The Hall–Kier alpha value is -2.67. The van der Waals surface area contributed by atoms with Gasteiger partial charge in [0.05, 0.1) is 6.54 Å². The van der Waals surface area contributed by atoms with Crippen molar-refractivity contribution >= 4 is 16.5 Å². The minimum atomic E-state index is -0.0429. The van der Waals surface area contributed by atoms with Crippen molar-refractivity contribution in [3.63, 3.8) is 0 Å². The Morgan fingerprint density at radius 1 is 1.12 bits per heavy atom. The highest BCUT2D eigenvalue weighted by Gasteiger charge is 2.24. The molecule has 0 N–H and O–H groups in total. The highest BCUT2D eigenvalue weighted by atomic mass is 32.1. The molecule has 0 radical (unpaired) electrons. The smallest absolute Gasteiger partial charge is 0.208 e. The number of anilines is 1. The van der Waals surface area contributed by atoms with Crippen molar-refractivity contribution in [1.82, 2.24) is 15.2 Å². The topological polar surface area (TPSA) is 60.4 Å². The summed E-state index contributed by atoms with van der Waals surface area (Å²) in [5, 5.41) is 10.4. The van der Waals surface area contributed by atoms with Crippen LogP contribution in [0.25, 0.3) is 10.7 Å². The second-order valence-electron chi connectivity index (χ2n) is 6.05. The van der Waals surface area contributed by atoms with Gasteiger partial charge < -0.3 is 14.4 Å². The minimum Gasteiger partial charge on any atom is -0.486 e. The zero-order chi connectivity index (χ0) is 17.8. The Morgan fingerprint density at radius 2 is 1.96 bits per heavy atom. The summed E-state index contributed by atoms with van der Waals surface area (Å²) in [5.74, 6) is 1.60. The predicted molar refractivity (Wildman–Crippen MR) is 102 cm³/mol. The fourth-order valence-electron chi connectivity index (χ4n) is 2.87. The maximum absolute atomic E-state index is 6.10. The normalized spacial score (nSPS) is 15.7. The molecular weight excluding hydrogens is 348 g/mol. The summed E-state index contributed by atoms with van der Waals surface area (Å²) in [6.07, 6.45) is 2.74. The fraction of sp³-hybridized carbons (Fsp3) is 0.316. The maximum atomic E-state index is 6.10. The van der Waals surface area contributed by atoms with Gasteiger partial charge in [0.1, 0.15) is 12.3 Å². The van der Waals surface area contributed by atoms with Crippen LogP contribution in [0.1, 0.15) is 13.3 Å². The third-order valence-electron chi connectivity index (χ3n) is 4.05. The summed E-state index contributed by atoms with van der Waals surface area (Å²) in [7, 11) is 0. The van der Waals surface area contributed by atoms with Crippen LogP contribution in [0, 0.1) is 0 Å². The molecule has 134 valence electrons. The van der Waals surface area contributed by atoms with Crippen molar-refractivity contribution in [2.75, 3.05) is 24.6 Å². The van der Waals surface area contributed by atoms with Gasteiger partial charge >= 0.3 is 0 Å². The van der Waals surface area contributed by atoms with Crippen LogP contribution in [0.15, 0.2) is 48.7 Å². The zero-order valence-corrected chi connectivity index (χ0v) is 15.4. The number of hydrogen-bond acceptors (Lipinski definition) is 7. The largest absolute Gasteiger partial charge is 0.486 e. The van der Waals surface area contributed by atoms with Crippen molar-refractivity contribution in [2.45, 2.75) is 19.4 Å². The van der Waals surface area contributed by atoms with Crippen molar-refractivity contribution < 1.29 is 9.47 Å². The van der Waals surface area contributed by atoms with Gasteiger partial charge in [-0.25, -0.2) is 0 Å². The molecular formula is C19H20N4O2S. The van der Waals surface area contributed by atoms with Crippen molar-refractivity contribution in [3.8, 4) is 22.2 Å². The molecule has 0 bridgehead atoms. The van der Waals surface area contributed by atoms with Gasteiger partial charge in [-0.2, -0.15) is 0 Å². The summed E-state index contributed by atoms with van der Waals surface area (Å²) >= 11 is 1.55. The minimum absolute atomic E-state index is 0.0429. The van der Waals surface area contributed by atoms with Gasteiger partial charge in [0, 0.05) is 12.7 Å². The Labute approximate surface area is 156 Å². The van der Waals surface area contributed by atoms with Crippen LogP contribution >= 0.6 is 11.3 Å². The summed E-state index contributed by atoms with van der Waals surface area (Å²) in [6.45, 7) is 4.28. The van der Waals surface area contributed by atoms with Crippen LogP contribution in [-0.2, 0) is 0 Å². The number of fused-ring (bicyclic) bond motifs is 1. The lowest BCUT2D eigenvalue weighted by molar-refractivity contribution is 0.0952. The van der Waals surface area contributed by atoms with Gasteiger partial charge in [-0.05, 0) is 30.7 Å². The monoisotopic (exact) mass is 368 g/mol. The molecule has 2 aromatic heterocycles. The first-order chi connectivity index (χ1) is 12.8. The fourth-order valence-corrected chi connectivity index (χ4v) is 3.73. The van der Waals surface area contributed by atoms with Crippen molar-refractivity contribution in [3.05, 3.63) is 48.7 Å². The number of benzene rings is 1. The summed E-state index contributed by atoms with van der Waals surface area (Å²) in [5.41, 5.74) is 0.846. The van der Waals surface area contributed by atoms with Crippen LogP contribution in [-0.4, -0.2) is 41.0 Å². The lowest BCUT2D eigenvalue weighted by atomic mass is 10.2. The predicted octanol–water partition coefficient (Wildman–Crippen LogP) is 3.66. The summed E-state index contributed by atoms with van der Waals surface area (Å²) in [4.78, 5) is 6.57. The Bertz CT molecular complexity index is 856. The number of aromatic nitrogens is 3. The van der Waals surface area contributed by atoms with E-state index in [4.69, 9.17) is 9.47 Å². The molecule has 3 aromatic rings. The molecule has 26 heavy (non-hydrogen) atoms. The van der Waals surface area contributed by atoms with Gasteiger partial charge in [0.25, 0.3) is 0 Å². The molecule has 0 aliphatic carbocycles.